The Morgan fingerprint density at radius 2 is 2.04 bits per heavy atom. The average molecular weight is 388 g/mol. The van der Waals surface area contributed by atoms with E-state index in [-0.39, 0.29) is 5.41 Å². The molecule has 1 saturated carbocycles. The molecule has 0 amide bonds. The summed E-state index contributed by atoms with van der Waals surface area (Å²) in [6.07, 6.45) is 11.8. The van der Waals surface area contributed by atoms with E-state index in [2.05, 4.69) is 33.4 Å². The van der Waals surface area contributed by atoms with Crippen LogP contribution >= 0.6 is 0 Å². The van der Waals surface area contributed by atoms with Crippen molar-refractivity contribution in [1.82, 2.24) is 0 Å². The van der Waals surface area contributed by atoms with E-state index in [1.54, 1.807) is 6.08 Å². The fourth-order valence-electron chi connectivity index (χ4n) is 4.18. The van der Waals surface area contributed by atoms with Gasteiger partial charge in [-0.2, -0.15) is 0 Å². The maximum Gasteiger partial charge on any atom is 0.129 e. The first-order valence-corrected chi connectivity index (χ1v) is 10.4. The van der Waals surface area contributed by atoms with Crippen molar-refractivity contribution in [3.8, 4) is 0 Å². The lowest BCUT2D eigenvalue weighted by atomic mass is 9.72. The van der Waals surface area contributed by atoms with E-state index in [9.17, 15) is 8.78 Å². The van der Waals surface area contributed by atoms with E-state index in [1.165, 1.54) is 24.1 Å². The zero-order chi connectivity index (χ0) is 20.7. The third-order valence-electron chi connectivity index (χ3n) is 6.26. The summed E-state index contributed by atoms with van der Waals surface area (Å²) in [5.41, 5.74) is 9.20. The molecule has 3 heteroatoms. The van der Waals surface area contributed by atoms with Crippen molar-refractivity contribution in [2.75, 3.05) is 6.54 Å². The molecular weight excluding hydrogens is 352 g/mol. The fraction of sp³-hybridized carbons (Fsp3) is 0.520. The first kappa shape index (κ1) is 22.5. The Labute approximate surface area is 169 Å². The van der Waals surface area contributed by atoms with E-state index in [1.807, 2.05) is 6.08 Å². The maximum atomic E-state index is 14.1. The van der Waals surface area contributed by atoms with Crippen LogP contribution in [0.15, 0.2) is 54.2 Å². The van der Waals surface area contributed by atoms with Crippen molar-refractivity contribution in [2.24, 2.45) is 23.0 Å². The van der Waals surface area contributed by atoms with Crippen molar-refractivity contribution >= 4 is 0 Å². The molecular formula is C25H35F2N. The molecule has 1 aliphatic carbocycles. The number of nitrogens with two attached hydrogens (primary N) is 1. The number of rotatable bonds is 5. The second kappa shape index (κ2) is 10.2. The molecule has 1 aliphatic rings. The Morgan fingerprint density at radius 1 is 1.29 bits per heavy atom. The first-order chi connectivity index (χ1) is 13.2. The molecule has 2 atom stereocenters. The topological polar surface area (TPSA) is 26.0 Å². The zero-order valence-corrected chi connectivity index (χ0v) is 17.6. The fourth-order valence-corrected chi connectivity index (χ4v) is 4.18. The molecule has 2 unspecified atom stereocenters. The standard InChI is InChI=1S/C25H35F2N/c1-5-6-20(15-21-9-10-23(26)16-24(21)27)14-19-8-7-18(2)13-22(17-28)25(3,4)12-11-19/h5-6,9-10,14,16,18,22H,1,7-8,11-13,15,17,28H2,2-4H3/b19-14-,20-6+. The molecule has 0 aliphatic heterocycles. The lowest BCUT2D eigenvalue weighted by Gasteiger charge is -2.34. The highest BCUT2D eigenvalue weighted by Gasteiger charge is 2.30. The zero-order valence-electron chi connectivity index (χ0n) is 17.6. The Hall–Kier alpha value is -1.74. The van der Waals surface area contributed by atoms with Gasteiger partial charge >= 0.3 is 0 Å². The quantitative estimate of drug-likeness (QED) is 0.556. The van der Waals surface area contributed by atoms with Crippen LogP contribution in [-0.4, -0.2) is 6.54 Å². The van der Waals surface area contributed by atoms with Gasteiger partial charge in [0.2, 0.25) is 0 Å². The summed E-state index contributed by atoms with van der Waals surface area (Å²) in [7, 11) is 0. The number of hydrogen-bond acceptors (Lipinski definition) is 1. The van der Waals surface area contributed by atoms with E-state index in [4.69, 9.17) is 5.73 Å². The summed E-state index contributed by atoms with van der Waals surface area (Å²) < 4.78 is 27.3. The van der Waals surface area contributed by atoms with Crippen LogP contribution in [0.3, 0.4) is 0 Å². The second-order valence-corrected chi connectivity index (χ2v) is 8.99. The van der Waals surface area contributed by atoms with E-state index >= 15 is 0 Å². The van der Waals surface area contributed by atoms with Gasteiger partial charge in [-0.05, 0) is 73.1 Å². The molecule has 1 aromatic carbocycles. The second-order valence-electron chi connectivity index (χ2n) is 8.99. The lowest BCUT2D eigenvalue weighted by Crippen LogP contribution is -2.31. The summed E-state index contributed by atoms with van der Waals surface area (Å²) in [5, 5.41) is 0. The van der Waals surface area contributed by atoms with Gasteiger partial charge in [0.1, 0.15) is 11.6 Å². The molecule has 2 rings (SSSR count). The molecule has 0 bridgehead atoms. The average Bonchev–Trinajstić information content (AvgIpc) is 2.68. The van der Waals surface area contributed by atoms with Gasteiger partial charge in [-0.15, -0.1) is 0 Å². The van der Waals surface area contributed by atoms with Gasteiger partial charge in [-0.3, -0.25) is 0 Å². The van der Waals surface area contributed by atoms with Gasteiger partial charge in [-0.1, -0.05) is 57.2 Å². The third kappa shape index (κ3) is 6.41. The lowest BCUT2D eigenvalue weighted by molar-refractivity contribution is 0.172. The summed E-state index contributed by atoms with van der Waals surface area (Å²) >= 11 is 0. The number of benzene rings is 1. The van der Waals surface area contributed by atoms with Crippen LogP contribution in [0, 0.1) is 28.9 Å². The van der Waals surface area contributed by atoms with E-state index < -0.39 is 11.6 Å². The van der Waals surface area contributed by atoms with Crippen LogP contribution in [0.2, 0.25) is 0 Å². The number of hydrogen-bond donors (Lipinski definition) is 1. The Bertz CT molecular complexity index is 730. The van der Waals surface area contributed by atoms with Crippen LogP contribution in [0.1, 0.15) is 58.4 Å². The normalized spacial score (nSPS) is 25.1. The molecule has 0 radical (unpaired) electrons. The SMILES string of the molecule is C=C/C=C(\C=C1\CCC(C)CC(CN)C(C)(C)CC1)Cc1ccc(F)cc1F. The van der Waals surface area contributed by atoms with Gasteiger partial charge in [0.25, 0.3) is 0 Å². The van der Waals surface area contributed by atoms with Crippen molar-refractivity contribution < 1.29 is 8.78 Å². The van der Waals surface area contributed by atoms with Gasteiger partial charge in [0.05, 0.1) is 0 Å². The van der Waals surface area contributed by atoms with Crippen LogP contribution in [0.25, 0.3) is 0 Å². The highest BCUT2D eigenvalue weighted by molar-refractivity contribution is 5.34. The maximum absolute atomic E-state index is 14.1. The van der Waals surface area contributed by atoms with E-state index in [0.29, 0.717) is 23.8 Å². The molecule has 1 nitrogen and oxygen atoms in total. The minimum Gasteiger partial charge on any atom is -0.330 e. The molecule has 0 saturated heterocycles. The molecule has 28 heavy (non-hydrogen) atoms. The first-order valence-electron chi connectivity index (χ1n) is 10.4. The summed E-state index contributed by atoms with van der Waals surface area (Å²) in [6.45, 7) is 11.5. The molecule has 0 aromatic heterocycles. The molecule has 0 heterocycles. The van der Waals surface area contributed by atoms with Gasteiger partial charge in [0.15, 0.2) is 0 Å². The Morgan fingerprint density at radius 3 is 2.68 bits per heavy atom. The Balaban J connectivity index is 2.24. The van der Waals surface area contributed by atoms with Crippen LogP contribution in [-0.2, 0) is 6.42 Å². The smallest absolute Gasteiger partial charge is 0.129 e. The van der Waals surface area contributed by atoms with Gasteiger partial charge < -0.3 is 5.73 Å². The van der Waals surface area contributed by atoms with E-state index in [0.717, 1.165) is 43.9 Å². The van der Waals surface area contributed by atoms with Crippen molar-refractivity contribution in [1.29, 1.82) is 0 Å². The van der Waals surface area contributed by atoms with Crippen molar-refractivity contribution in [3.63, 3.8) is 0 Å². The molecule has 154 valence electrons. The minimum absolute atomic E-state index is 0.206. The summed E-state index contributed by atoms with van der Waals surface area (Å²) in [5.74, 6) is 0.133. The monoisotopic (exact) mass is 387 g/mol. The molecule has 1 aromatic rings. The predicted molar refractivity (Wildman–Crippen MR) is 115 cm³/mol. The number of allylic oxidation sites excluding steroid dienone is 5. The largest absolute Gasteiger partial charge is 0.330 e. The minimum atomic E-state index is -0.546. The molecule has 1 fully saturated rings. The number of halogens is 2. The van der Waals surface area contributed by atoms with Crippen LogP contribution in [0.5, 0.6) is 0 Å². The highest BCUT2D eigenvalue weighted by Crippen LogP contribution is 2.40. The predicted octanol–water partition coefficient (Wildman–Crippen LogP) is 6.75. The summed E-state index contributed by atoms with van der Waals surface area (Å²) in [4.78, 5) is 0. The van der Waals surface area contributed by atoms with Crippen molar-refractivity contribution in [2.45, 2.75) is 59.3 Å². The van der Waals surface area contributed by atoms with Crippen LogP contribution < -0.4 is 5.73 Å². The highest BCUT2D eigenvalue weighted by atomic mass is 19.1. The van der Waals surface area contributed by atoms with Crippen molar-refractivity contribution in [3.05, 3.63) is 71.4 Å². The molecule has 0 spiro atoms. The van der Waals surface area contributed by atoms with Gasteiger partial charge in [-0.25, -0.2) is 8.78 Å². The Kier molecular flexibility index (Phi) is 8.18. The summed E-state index contributed by atoms with van der Waals surface area (Å²) in [6, 6.07) is 3.79. The van der Waals surface area contributed by atoms with Gasteiger partial charge in [0, 0.05) is 12.5 Å². The van der Waals surface area contributed by atoms with Crippen LogP contribution in [0.4, 0.5) is 8.78 Å². The third-order valence-corrected chi connectivity index (χ3v) is 6.26. The molecule has 2 N–H and O–H groups in total.